The Hall–Kier alpha value is -6.56. The molecule has 0 aromatic heterocycles. The first-order chi connectivity index (χ1) is 21.3. The molecule has 0 heterocycles. The molecule has 0 amide bonds. The Kier molecular flexibility index (Phi) is 14.3. The number of benzene rings is 2. The molecule has 0 aliphatic carbocycles. The summed E-state index contributed by atoms with van der Waals surface area (Å²) in [5.41, 5.74) is 0.903. The number of hydrogen-bond acceptors (Lipinski definition) is 12. The van der Waals surface area contributed by atoms with Crippen LogP contribution in [0.25, 0.3) is 11.1 Å². The van der Waals surface area contributed by atoms with Crippen LogP contribution in [0.15, 0.2) is 137 Å². The van der Waals surface area contributed by atoms with Crippen LogP contribution in [0, 0.1) is 0 Å². The summed E-state index contributed by atoms with van der Waals surface area (Å²) in [4.78, 5) is 45.2. The first-order valence-electron chi connectivity index (χ1n) is 12.2. The third-order valence-electron chi connectivity index (χ3n) is 4.62. The monoisotopic (exact) mass is 602 g/mol. The smallest absolute Gasteiger partial charge is 0.335 e. The molecule has 0 saturated heterocycles. The fourth-order valence-electron chi connectivity index (χ4n) is 2.78. The van der Waals surface area contributed by atoms with E-state index in [-0.39, 0.29) is 23.0 Å². The van der Waals surface area contributed by atoms with Gasteiger partial charge in [0.25, 0.3) is 0 Å². The SMILES string of the molecule is C=CC(=O)O/C=C/Oc1ccc(-c2ccc(O/C=C/OC(=O)C=C)cc2O/C=C/OC(=O)C=C)c(O/C=C/OC(=O)C=C)c1. The summed E-state index contributed by atoms with van der Waals surface area (Å²) < 4.78 is 41.4. The third kappa shape index (κ3) is 11.9. The number of hydrogen-bond donors (Lipinski definition) is 0. The minimum Gasteiger partial charge on any atom is -0.462 e. The number of carbonyl (C=O) groups excluding carboxylic acids is 4. The van der Waals surface area contributed by atoms with Crippen LogP contribution in [0.5, 0.6) is 23.0 Å². The van der Waals surface area contributed by atoms with Crippen molar-refractivity contribution in [2.45, 2.75) is 0 Å². The van der Waals surface area contributed by atoms with Crippen LogP contribution >= 0.6 is 0 Å². The maximum absolute atomic E-state index is 11.4. The minimum absolute atomic E-state index is 0.196. The minimum atomic E-state index is -0.704. The highest BCUT2D eigenvalue weighted by Gasteiger charge is 2.15. The lowest BCUT2D eigenvalue weighted by atomic mass is 10.0. The Morgan fingerprint density at radius 2 is 0.727 bits per heavy atom. The first-order valence-corrected chi connectivity index (χ1v) is 12.2. The number of ether oxygens (including phenoxy) is 8. The van der Waals surface area contributed by atoms with E-state index in [0.29, 0.717) is 11.1 Å². The molecule has 0 radical (unpaired) electrons. The van der Waals surface area contributed by atoms with Crippen molar-refractivity contribution in [1.82, 2.24) is 0 Å². The van der Waals surface area contributed by atoms with Gasteiger partial charge >= 0.3 is 23.9 Å². The van der Waals surface area contributed by atoms with Crippen LogP contribution in [0.1, 0.15) is 0 Å². The van der Waals surface area contributed by atoms with Gasteiger partial charge in [-0.05, 0) is 24.3 Å². The molecule has 0 saturated carbocycles. The Labute approximate surface area is 252 Å². The molecule has 0 bridgehead atoms. The van der Waals surface area contributed by atoms with E-state index in [4.69, 9.17) is 37.9 Å². The second-order valence-corrected chi connectivity index (χ2v) is 7.44. The van der Waals surface area contributed by atoms with Crippen LogP contribution in [-0.2, 0) is 38.1 Å². The molecule has 0 aliphatic heterocycles. The lowest BCUT2D eigenvalue weighted by molar-refractivity contribution is -0.133. The maximum atomic E-state index is 11.4. The molecule has 226 valence electrons. The van der Waals surface area contributed by atoms with Gasteiger partial charge in [-0.15, -0.1) is 0 Å². The molecule has 0 N–H and O–H groups in total. The molecule has 12 nitrogen and oxygen atoms in total. The van der Waals surface area contributed by atoms with Gasteiger partial charge in [-0.3, -0.25) is 0 Å². The molecular weight excluding hydrogens is 576 g/mol. The number of rotatable bonds is 17. The molecule has 12 heteroatoms. The fourth-order valence-corrected chi connectivity index (χ4v) is 2.78. The number of esters is 4. The van der Waals surface area contributed by atoms with E-state index >= 15 is 0 Å². The highest BCUT2D eigenvalue weighted by molar-refractivity contribution is 5.83. The quantitative estimate of drug-likeness (QED) is 0.0953. The van der Waals surface area contributed by atoms with Crippen molar-refractivity contribution in [3.05, 3.63) is 137 Å². The zero-order valence-electron chi connectivity index (χ0n) is 23.1. The van der Waals surface area contributed by atoms with Crippen molar-refractivity contribution in [3.63, 3.8) is 0 Å². The molecule has 0 aliphatic rings. The summed E-state index contributed by atoms with van der Waals surface area (Å²) in [7, 11) is 0. The average molecular weight is 603 g/mol. The zero-order chi connectivity index (χ0) is 32.2. The average Bonchev–Trinajstić information content (AvgIpc) is 3.05. The summed E-state index contributed by atoms with van der Waals surface area (Å²) >= 11 is 0. The van der Waals surface area contributed by atoms with Gasteiger partial charge in [0.15, 0.2) is 0 Å². The molecule has 2 aromatic rings. The lowest BCUT2D eigenvalue weighted by Gasteiger charge is -2.15. The Bertz CT molecular complexity index is 1400. The normalized spacial score (nSPS) is 10.6. The van der Waals surface area contributed by atoms with E-state index in [0.717, 1.165) is 74.4 Å². The first kappa shape index (κ1) is 33.6. The highest BCUT2D eigenvalue weighted by atomic mass is 16.6. The van der Waals surface area contributed by atoms with E-state index in [9.17, 15) is 19.2 Å². The molecule has 2 rings (SSSR count). The van der Waals surface area contributed by atoms with Crippen molar-refractivity contribution in [2.24, 2.45) is 0 Å². The van der Waals surface area contributed by atoms with E-state index in [1.54, 1.807) is 24.3 Å². The van der Waals surface area contributed by atoms with E-state index < -0.39 is 23.9 Å². The van der Waals surface area contributed by atoms with Crippen LogP contribution in [0.2, 0.25) is 0 Å². The van der Waals surface area contributed by atoms with Gasteiger partial charge in [0.05, 0.1) is 0 Å². The summed E-state index contributed by atoms with van der Waals surface area (Å²) in [6.45, 7) is 13.2. The second kappa shape index (κ2) is 18.7. The van der Waals surface area contributed by atoms with Gasteiger partial charge < -0.3 is 37.9 Å². The summed E-state index contributed by atoms with van der Waals surface area (Å²) in [6, 6.07) is 9.38. The van der Waals surface area contributed by atoms with Crippen LogP contribution in [0.4, 0.5) is 0 Å². The van der Waals surface area contributed by atoms with Crippen LogP contribution < -0.4 is 18.9 Å². The van der Waals surface area contributed by atoms with E-state index in [2.05, 4.69) is 26.3 Å². The van der Waals surface area contributed by atoms with Gasteiger partial charge in [0, 0.05) is 47.6 Å². The predicted molar refractivity (Wildman–Crippen MR) is 156 cm³/mol. The maximum Gasteiger partial charge on any atom is 0.335 e. The van der Waals surface area contributed by atoms with Crippen molar-refractivity contribution < 1.29 is 57.1 Å². The van der Waals surface area contributed by atoms with Crippen molar-refractivity contribution in [3.8, 4) is 34.1 Å². The Balaban J connectivity index is 2.47. The topological polar surface area (TPSA) is 142 Å². The van der Waals surface area contributed by atoms with Gasteiger partial charge in [-0.25, -0.2) is 19.2 Å². The third-order valence-corrected chi connectivity index (χ3v) is 4.62. The summed E-state index contributed by atoms with van der Waals surface area (Å²) in [5, 5.41) is 0. The van der Waals surface area contributed by atoms with Crippen LogP contribution in [-0.4, -0.2) is 23.9 Å². The number of carbonyl (C=O) groups is 4. The van der Waals surface area contributed by atoms with Crippen molar-refractivity contribution >= 4 is 23.9 Å². The summed E-state index contributed by atoms with van der Waals surface area (Å²) in [6.07, 6.45) is 12.4. The molecule has 0 spiro atoms. The van der Waals surface area contributed by atoms with Gasteiger partial charge in [-0.1, -0.05) is 26.3 Å². The zero-order valence-corrected chi connectivity index (χ0v) is 23.1. The standard InChI is InChI=1S/C32H26O12/c1-5-29(33)41-17-13-37-23-9-11-25(27(21-23)39-15-19-43-31(35)7-3)26-12-10-24(38-14-18-42-30(34)6-2)22-28(26)40-16-20-44-32(36)8-4/h5-22H,1-4H2/b17-13+,18-14+,19-15+,20-16+. The molecular formula is C32H26O12. The Morgan fingerprint density at radius 3 is 1.02 bits per heavy atom. The summed E-state index contributed by atoms with van der Waals surface area (Å²) in [5.74, 6) is -1.83. The lowest BCUT2D eigenvalue weighted by Crippen LogP contribution is -1.97. The predicted octanol–water partition coefficient (Wildman–Crippen LogP) is 5.67. The van der Waals surface area contributed by atoms with Crippen molar-refractivity contribution in [1.29, 1.82) is 0 Å². The van der Waals surface area contributed by atoms with E-state index in [1.807, 2.05) is 0 Å². The fraction of sp³-hybridized carbons (Fsp3) is 0. The second-order valence-electron chi connectivity index (χ2n) is 7.44. The largest absolute Gasteiger partial charge is 0.462 e. The Morgan fingerprint density at radius 1 is 0.432 bits per heavy atom. The van der Waals surface area contributed by atoms with Crippen LogP contribution in [0.3, 0.4) is 0 Å². The molecule has 0 atom stereocenters. The molecule has 0 fully saturated rings. The molecule has 44 heavy (non-hydrogen) atoms. The van der Waals surface area contributed by atoms with Gasteiger partial charge in [0.1, 0.15) is 73.1 Å². The van der Waals surface area contributed by atoms with E-state index in [1.165, 1.54) is 12.1 Å². The van der Waals surface area contributed by atoms with Gasteiger partial charge in [-0.2, -0.15) is 0 Å². The molecule has 2 aromatic carbocycles. The highest BCUT2D eigenvalue weighted by Crippen LogP contribution is 2.40. The van der Waals surface area contributed by atoms with Gasteiger partial charge in [0.2, 0.25) is 0 Å². The van der Waals surface area contributed by atoms with Crippen molar-refractivity contribution in [2.75, 3.05) is 0 Å². The molecule has 0 unspecified atom stereocenters.